The van der Waals surface area contributed by atoms with Crippen LogP contribution in [-0.2, 0) is 12.0 Å². The van der Waals surface area contributed by atoms with Gasteiger partial charge in [0.2, 0.25) is 11.8 Å². The molecule has 0 aliphatic rings. The van der Waals surface area contributed by atoms with E-state index in [2.05, 4.69) is 63.1 Å². The van der Waals surface area contributed by atoms with E-state index in [1.807, 2.05) is 18.2 Å². The molecule has 2 aromatic rings. The van der Waals surface area contributed by atoms with Gasteiger partial charge in [-0.25, -0.2) is 0 Å². The second-order valence-electron chi connectivity index (χ2n) is 7.40. The highest BCUT2D eigenvalue weighted by atomic mass is 16.4. The maximum Gasteiger partial charge on any atom is 0.248 e. The molecule has 1 N–H and O–H groups in total. The van der Waals surface area contributed by atoms with Crippen LogP contribution >= 0.6 is 0 Å². The highest BCUT2D eigenvalue weighted by molar-refractivity contribution is 5.60. The van der Waals surface area contributed by atoms with Gasteiger partial charge in [0.05, 0.1) is 6.54 Å². The lowest BCUT2D eigenvalue weighted by Crippen LogP contribution is -2.35. The van der Waals surface area contributed by atoms with E-state index in [9.17, 15) is 0 Å². The molecule has 4 nitrogen and oxygen atoms in total. The molecule has 0 unspecified atom stereocenters. The van der Waals surface area contributed by atoms with Crippen molar-refractivity contribution in [2.75, 3.05) is 0 Å². The third-order valence-corrected chi connectivity index (χ3v) is 3.20. The molecule has 21 heavy (non-hydrogen) atoms. The second kappa shape index (κ2) is 5.60. The normalized spacial score (nSPS) is 12.7. The predicted molar refractivity (Wildman–Crippen MR) is 85.0 cm³/mol. The van der Waals surface area contributed by atoms with Gasteiger partial charge in [-0.2, -0.15) is 0 Å². The standard InChI is InChI=1S/C17H25N3O/c1-16(2,3)13-10-8-7-9-12(13)15-20-19-14(21-15)11-18-17(4,5)6/h7-10,18H,11H2,1-6H3. The quantitative estimate of drug-likeness (QED) is 0.929. The van der Waals surface area contributed by atoms with Crippen molar-refractivity contribution in [3.63, 3.8) is 0 Å². The van der Waals surface area contributed by atoms with Gasteiger partial charge in [-0.3, -0.25) is 0 Å². The number of benzene rings is 1. The molecule has 0 radical (unpaired) electrons. The summed E-state index contributed by atoms with van der Waals surface area (Å²) in [6.07, 6.45) is 0. The first-order valence-corrected chi connectivity index (χ1v) is 7.34. The van der Waals surface area contributed by atoms with E-state index >= 15 is 0 Å². The zero-order valence-corrected chi connectivity index (χ0v) is 13.8. The molecule has 1 aromatic heterocycles. The van der Waals surface area contributed by atoms with Crippen LogP contribution in [0, 0.1) is 0 Å². The fourth-order valence-electron chi connectivity index (χ4n) is 2.10. The van der Waals surface area contributed by atoms with Crippen LogP contribution in [0.3, 0.4) is 0 Å². The zero-order valence-electron chi connectivity index (χ0n) is 13.8. The average Bonchev–Trinajstić information content (AvgIpc) is 2.83. The Morgan fingerprint density at radius 1 is 1.00 bits per heavy atom. The molecule has 2 rings (SSSR count). The Bertz CT molecular complexity index is 603. The van der Waals surface area contributed by atoms with Gasteiger partial charge in [0, 0.05) is 11.1 Å². The third kappa shape index (κ3) is 4.14. The van der Waals surface area contributed by atoms with Crippen LogP contribution in [0.5, 0.6) is 0 Å². The molecule has 114 valence electrons. The third-order valence-electron chi connectivity index (χ3n) is 3.20. The minimum atomic E-state index is 0.0257. The summed E-state index contributed by atoms with van der Waals surface area (Å²) >= 11 is 0. The summed E-state index contributed by atoms with van der Waals surface area (Å²) in [6.45, 7) is 13.5. The predicted octanol–water partition coefficient (Wildman–Crippen LogP) is 3.92. The van der Waals surface area contributed by atoms with Gasteiger partial charge in [0.1, 0.15) is 0 Å². The van der Waals surface area contributed by atoms with Gasteiger partial charge >= 0.3 is 0 Å². The van der Waals surface area contributed by atoms with Crippen molar-refractivity contribution in [1.29, 1.82) is 0 Å². The van der Waals surface area contributed by atoms with Crippen molar-refractivity contribution in [2.24, 2.45) is 0 Å². The largest absolute Gasteiger partial charge is 0.419 e. The summed E-state index contributed by atoms with van der Waals surface area (Å²) < 4.78 is 5.82. The lowest BCUT2D eigenvalue weighted by molar-refractivity contribution is 0.383. The Morgan fingerprint density at radius 3 is 2.29 bits per heavy atom. The number of hydrogen-bond acceptors (Lipinski definition) is 4. The molecule has 0 aliphatic heterocycles. The van der Waals surface area contributed by atoms with Crippen LogP contribution in [0.1, 0.15) is 53.0 Å². The highest BCUT2D eigenvalue weighted by Crippen LogP contribution is 2.32. The molecule has 1 aromatic carbocycles. The van der Waals surface area contributed by atoms with Gasteiger partial charge in [0.25, 0.3) is 0 Å². The minimum absolute atomic E-state index is 0.0257. The molecule has 0 fully saturated rings. The molecule has 0 saturated heterocycles. The van der Waals surface area contributed by atoms with Gasteiger partial charge in [-0.05, 0) is 37.8 Å². The smallest absolute Gasteiger partial charge is 0.248 e. The Morgan fingerprint density at radius 2 is 1.67 bits per heavy atom. The van der Waals surface area contributed by atoms with Crippen LogP contribution in [0.25, 0.3) is 11.5 Å². The van der Waals surface area contributed by atoms with E-state index in [-0.39, 0.29) is 11.0 Å². The van der Waals surface area contributed by atoms with Crippen molar-refractivity contribution >= 4 is 0 Å². The molecule has 0 saturated carbocycles. The van der Waals surface area contributed by atoms with Gasteiger partial charge < -0.3 is 9.73 Å². The van der Waals surface area contributed by atoms with E-state index in [0.717, 1.165) is 5.56 Å². The first-order chi connectivity index (χ1) is 9.67. The van der Waals surface area contributed by atoms with Gasteiger partial charge in [-0.15, -0.1) is 10.2 Å². The monoisotopic (exact) mass is 287 g/mol. The lowest BCUT2D eigenvalue weighted by atomic mass is 9.84. The van der Waals surface area contributed by atoms with Gasteiger partial charge in [0.15, 0.2) is 0 Å². The average molecular weight is 287 g/mol. The second-order valence-corrected chi connectivity index (χ2v) is 7.40. The Labute approximate surface area is 127 Å². The van der Waals surface area contributed by atoms with Gasteiger partial charge in [-0.1, -0.05) is 39.0 Å². The minimum Gasteiger partial charge on any atom is -0.419 e. The maximum atomic E-state index is 5.82. The van der Waals surface area contributed by atoms with Crippen LogP contribution in [-0.4, -0.2) is 15.7 Å². The number of nitrogens with one attached hydrogen (secondary N) is 1. The molecule has 0 atom stereocenters. The van der Waals surface area contributed by atoms with Crippen molar-refractivity contribution in [1.82, 2.24) is 15.5 Å². The Hall–Kier alpha value is -1.68. The number of aromatic nitrogens is 2. The Kier molecular flexibility index (Phi) is 4.19. The Balaban J connectivity index is 2.26. The topological polar surface area (TPSA) is 51.0 Å². The molecule has 0 bridgehead atoms. The molecule has 1 heterocycles. The summed E-state index contributed by atoms with van der Waals surface area (Å²) in [7, 11) is 0. The van der Waals surface area contributed by atoms with Crippen molar-refractivity contribution < 1.29 is 4.42 Å². The number of hydrogen-bond donors (Lipinski definition) is 1. The maximum absolute atomic E-state index is 5.82. The van der Waals surface area contributed by atoms with Crippen molar-refractivity contribution in [3.05, 3.63) is 35.7 Å². The van der Waals surface area contributed by atoms with Crippen LogP contribution in [0.4, 0.5) is 0 Å². The first kappa shape index (κ1) is 15.7. The molecule has 0 spiro atoms. The molecular formula is C17H25N3O. The fourth-order valence-corrected chi connectivity index (χ4v) is 2.10. The van der Waals surface area contributed by atoms with Crippen molar-refractivity contribution in [3.8, 4) is 11.5 Å². The van der Waals surface area contributed by atoms with E-state index in [4.69, 9.17) is 4.42 Å². The summed E-state index contributed by atoms with van der Waals surface area (Å²) in [5.74, 6) is 1.20. The van der Waals surface area contributed by atoms with Crippen LogP contribution in [0.15, 0.2) is 28.7 Å². The van der Waals surface area contributed by atoms with E-state index < -0.39 is 0 Å². The van der Waals surface area contributed by atoms with Crippen LogP contribution < -0.4 is 5.32 Å². The van der Waals surface area contributed by atoms with Crippen LogP contribution in [0.2, 0.25) is 0 Å². The molecule has 0 amide bonds. The first-order valence-electron chi connectivity index (χ1n) is 7.34. The zero-order chi connectivity index (χ0) is 15.7. The van der Waals surface area contributed by atoms with E-state index in [1.54, 1.807) is 0 Å². The molecule has 0 aliphatic carbocycles. The molecule has 4 heteroatoms. The van der Waals surface area contributed by atoms with E-state index in [1.165, 1.54) is 5.56 Å². The summed E-state index contributed by atoms with van der Waals surface area (Å²) in [5.41, 5.74) is 2.29. The SMILES string of the molecule is CC(C)(C)NCc1nnc(-c2ccccc2C(C)(C)C)o1. The van der Waals surface area contributed by atoms with Crippen molar-refractivity contribution in [2.45, 2.75) is 59.0 Å². The molecular weight excluding hydrogens is 262 g/mol. The lowest BCUT2D eigenvalue weighted by Gasteiger charge is -2.21. The summed E-state index contributed by atoms with van der Waals surface area (Å²) in [6, 6.07) is 8.20. The number of rotatable bonds is 3. The summed E-state index contributed by atoms with van der Waals surface area (Å²) in [4.78, 5) is 0. The summed E-state index contributed by atoms with van der Waals surface area (Å²) in [5, 5.41) is 11.7. The van der Waals surface area contributed by atoms with E-state index in [0.29, 0.717) is 18.3 Å². The highest BCUT2D eigenvalue weighted by Gasteiger charge is 2.21. The fraction of sp³-hybridized carbons (Fsp3) is 0.529. The number of nitrogens with zero attached hydrogens (tertiary/aromatic N) is 2.